The van der Waals surface area contributed by atoms with Gasteiger partial charge in [0.25, 0.3) is 0 Å². The number of aliphatic hydroxyl groups is 1. The molecule has 0 bridgehead atoms. The van der Waals surface area contributed by atoms with Crippen LogP contribution in [0.25, 0.3) is 5.69 Å². The minimum absolute atomic E-state index is 0.0687. The van der Waals surface area contributed by atoms with Gasteiger partial charge in [-0.2, -0.15) is 4.68 Å². The topological polar surface area (TPSA) is 119 Å². The van der Waals surface area contributed by atoms with Gasteiger partial charge in [0.15, 0.2) is 0 Å². The van der Waals surface area contributed by atoms with E-state index in [1.54, 1.807) is 18.2 Å². The highest BCUT2D eigenvalue weighted by Gasteiger charge is 2.21. The number of ether oxygens (including phenoxy) is 1. The predicted molar refractivity (Wildman–Crippen MR) is 93.8 cm³/mol. The second-order valence-corrected chi connectivity index (χ2v) is 6.35. The van der Waals surface area contributed by atoms with Crippen LogP contribution in [-0.2, 0) is 0 Å². The second-order valence-electron chi connectivity index (χ2n) is 6.35. The number of aromatic nitrogens is 2. The van der Waals surface area contributed by atoms with Gasteiger partial charge in [-0.1, -0.05) is 5.10 Å². The Kier molecular flexibility index (Phi) is 5.27. The Bertz CT molecular complexity index is 836. The number of amides is 2. The molecule has 0 unspecified atom stereocenters. The van der Waals surface area contributed by atoms with Crippen molar-refractivity contribution in [2.45, 2.75) is 44.8 Å². The highest BCUT2D eigenvalue weighted by molar-refractivity contribution is 5.90. The van der Waals surface area contributed by atoms with Crippen LogP contribution in [0, 0.1) is 6.92 Å². The molecule has 1 fully saturated rings. The number of methoxy groups -OCH3 is 1. The highest BCUT2D eigenvalue weighted by Crippen LogP contribution is 2.20. The Labute approximate surface area is 150 Å². The molecule has 9 heteroatoms. The Hall–Kier alpha value is -2.81. The molecule has 2 aromatic rings. The number of benzene rings is 1. The zero-order valence-electron chi connectivity index (χ0n) is 14.7. The molecule has 1 heterocycles. The van der Waals surface area contributed by atoms with Crippen molar-refractivity contribution in [1.29, 1.82) is 0 Å². The summed E-state index contributed by atoms with van der Waals surface area (Å²) in [7, 11) is 1.36. The van der Waals surface area contributed by atoms with Gasteiger partial charge >= 0.3 is 17.9 Å². The number of urea groups is 1. The maximum absolute atomic E-state index is 12.2. The van der Waals surface area contributed by atoms with Crippen molar-refractivity contribution in [2.75, 3.05) is 12.4 Å². The largest absolute Gasteiger partial charge is 0.452 e. The number of hydrogen-bond acceptors (Lipinski definition) is 6. The van der Waals surface area contributed by atoms with E-state index in [1.165, 1.54) is 7.11 Å². The monoisotopic (exact) mass is 362 g/mol. The molecular weight excluding hydrogens is 340 g/mol. The summed E-state index contributed by atoms with van der Waals surface area (Å²) < 4.78 is 10.7. The molecule has 1 aromatic heterocycles. The normalized spacial score (nSPS) is 19.8. The Morgan fingerprint density at radius 2 is 2.08 bits per heavy atom. The van der Waals surface area contributed by atoms with E-state index in [0.29, 0.717) is 24.2 Å². The summed E-state index contributed by atoms with van der Waals surface area (Å²) in [5.41, 5.74) is 1.91. The Morgan fingerprint density at radius 3 is 2.69 bits per heavy atom. The lowest BCUT2D eigenvalue weighted by molar-refractivity contribution is 0.118. The molecule has 1 aromatic carbocycles. The van der Waals surface area contributed by atoms with Crippen LogP contribution in [0.5, 0.6) is 6.08 Å². The molecule has 2 amide bonds. The molecule has 26 heavy (non-hydrogen) atoms. The van der Waals surface area contributed by atoms with Gasteiger partial charge in [0.2, 0.25) is 0 Å². The third-order valence-electron chi connectivity index (χ3n) is 4.44. The number of aryl methyl sites for hydroxylation is 1. The van der Waals surface area contributed by atoms with Gasteiger partial charge in [0, 0.05) is 11.7 Å². The van der Waals surface area contributed by atoms with Crippen molar-refractivity contribution in [1.82, 2.24) is 15.1 Å². The van der Waals surface area contributed by atoms with E-state index in [9.17, 15) is 14.7 Å². The quantitative estimate of drug-likeness (QED) is 0.760. The van der Waals surface area contributed by atoms with Gasteiger partial charge in [-0.05, 0) is 56.4 Å². The lowest BCUT2D eigenvalue weighted by atomic mass is 9.93. The van der Waals surface area contributed by atoms with E-state index in [4.69, 9.17) is 9.15 Å². The first-order valence-electron chi connectivity index (χ1n) is 8.47. The van der Waals surface area contributed by atoms with E-state index in [-0.39, 0.29) is 24.3 Å². The van der Waals surface area contributed by atoms with E-state index < -0.39 is 5.76 Å². The highest BCUT2D eigenvalue weighted by atomic mass is 16.6. The summed E-state index contributed by atoms with van der Waals surface area (Å²) in [4.78, 5) is 24.0. The van der Waals surface area contributed by atoms with Crippen LogP contribution >= 0.6 is 0 Å². The van der Waals surface area contributed by atoms with Gasteiger partial charge in [-0.25, -0.2) is 9.59 Å². The molecule has 1 aliphatic carbocycles. The minimum atomic E-state index is -0.654. The summed E-state index contributed by atoms with van der Waals surface area (Å²) in [5, 5.41) is 19.2. The molecular formula is C17H22N4O5. The molecule has 0 atom stereocenters. The van der Waals surface area contributed by atoms with E-state index in [1.807, 2.05) is 6.92 Å². The molecule has 0 saturated heterocycles. The third-order valence-corrected chi connectivity index (χ3v) is 4.44. The predicted octanol–water partition coefficient (Wildman–Crippen LogP) is 1.57. The van der Waals surface area contributed by atoms with Gasteiger partial charge in [0.1, 0.15) is 0 Å². The molecule has 3 rings (SSSR count). The number of carbonyl (C=O) groups excluding carboxylic acids is 1. The first kappa shape index (κ1) is 18.0. The maximum atomic E-state index is 12.2. The van der Waals surface area contributed by atoms with Crippen molar-refractivity contribution in [3.63, 3.8) is 0 Å². The number of anilines is 1. The van der Waals surface area contributed by atoms with Crippen molar-refractivity contribution >= 4 is 11.7 Å². The van der Waals surface area contributed by atoms with Crippen LogP contribution < -0.4 is 21.1 Å². The summed E-state index contributed by atoms with van der Waals surface area (Å²) in [6.07, 6.45) is 2.56. The molecule has 1 aliphatic rings. The van der Waals surface area contributed by atoms with Crippen LogP contribution in [0.1, 0.15) is 31.2 Å². The fraction of sp³-hybridized carbons (Fsp3) is 0.471. The number of rotatable bonds is 4. The van der Waals surface area contributed by atoms with E-state index in [0.717, 1.165) is 23.1 Å². The van der Waals surface area contributed by atoms with E-state index in [2.05, 4.69) is 15.7 Å². The molecule has 140 valence electrons. The number of aliphatic hydroxyl groups excluding tert-OH is 1. The van der Waals surface area contributed by atoms with Crippen LogP contribution in [0.2, 0.25) is 0 Å². The molecule has 1 saturated carbocycles. The fourth-order valence-electron chi connectivity index (χ4n) is 2.99. The smallest absolute Gasteiger partial charge is 0.444 e. The third kappa shape index (κ3) is 4.05. The summed E-state index contributed by atoms with van der Waals surface area (Å²) in [5.74, 6) is -0.654. The first-order valence-corrected chi connectivity index (χ1v) is 8.47. The molecule has 0 radical (unpaired) electrons. The van der Waals surface area contributed by atoms with Crippen LogP contribution in [0.4, 0.5) is 10.5 Å². The van der Waals surface area contributed by atoms with Gasteiger partial charge in [-0.3, -0.25) is 0 Å². The van der Waals surface area contributed by atoms with Gasteiger partial charge in [0.05, 0.1) is 18.9 Å². The minimum Gasteiger partial charge on any atom is -0.452 e. The molecule has 0 spiro atoms. The summed E-state index contributed by atoms with van der Waals surface area (Å²) in [6.45, 7) is 1.82. The fourth-order valence-corrected chi connectivity index (χ4v) is 2.99. The average molecular weight is 362 g/mol. The average Bonchev–Trinajstić information content (AvgIpc) is 3.00. The van der Waals surface area contributed by atoms with Crippen LogP contribution in [0.15, 0.2) is 27.4 Å². The maximum Gasteiger partial charge on any atom is 0.444 e. The molecule has 3 N–H and O–H groups in total. The number of hydrogen-bond donors (Lipinski definition) is 3. The van der Waals surface area contributed by atoms with Gasteiger partial charge in [-0.15, -0.1) is 0 Å². The zero-order chi connectivity index (χ0) is 18.7. The Morgan fingerprint density at radius 1 is 1.35 bits per heavy atom. The number of nitrogens with one attached hydrogen (secondary N) is 2. The van der Waals surface area contributed by atoms with Crippen LogP contribution in [0.3, 0.4) is 0 Å². The van der Waals surface area contributed by atoms with Crippen molar-refractivity contribution in [2.24, 2.45) is 0 Å². The van der Waals surface area contributed by atoms with Gasteiger partial charge < -0.3 is 24.9 Å². The number of nitrogens with zero attached hydrogens (tertiary/aromatic N) is 2. The van der Waals surface area contributed by atoms with Crippen molar-refractivity contribution in [3.8, 4) is 11.8 Å². The van der Waals surface area contributed by atoms with E-state index >= 15 is 0 Å². The molecule has 0 aliphatic heterocycles. The lowest BCUT2D eigenvalue weighted by Gasteiger charge is -2.26. The Balaban J connectivity index is 1.66. The molecule has 9 nitrogen and oxygen atoms in total. The SMILES string of the molecule is COc1nn(-c2ccc(NC(=O)NC3CCC(O)CC3)c(C)c2)c(=O)o1. The second kappa shape index (κ2) is 7.61. The first-order chi connectivity index (χ1) is 12.5. The number of carbonyl (C=O) groups is 1. The van der Waals surface area contributed by atoms with Crippen molar-refractivity contribution in [3.05, 3.63) is 34.3 Å². The van der Waals surface area contributed by atoms with Crippen LogP contribution in [-0.4, -0.2) is 40.2 Å². The van der Waals surface area contributed by atoms with Crippen molar-refractivity contribution < 1.29 is 19.1 Å². The lowest BCUT2D eigenvalue weighted by Crippen LogP contribution is -2.41. The summed E-state index contributed by atoms with van der Waals surface area (Å²) >= 11 is 0. The zero-order valence-corrected chi connectivity index (χ0v) is 14.7. The summed E-state index contributed by atoms with van der Waals surface area (Å²) in [6, 6.07) is 4.85. The standard InChI is InChI=1S/C17H22N4O5/c1-10-9-12(21-17(24)26-16(20-21)25-2)5-8-14(10)19-15(23)18-11-3-6-13(22)7-4-11/h5,8-9,11,13,22H,3-4,6-7H2,1-2H3,(H2,18,19,23).